The number of unbranched alkanes of at least 4 members (excludes halogenated alkanes) is 2. The van der Waals surface area contributed by atoms with E-state index >= 15 is 0 Å². The molecule has 7 rings (SSSR count). The lowest BCUT2D eigenvalue weighted by atomic mass is 9.92. The van der Waals surface area contributed by atoms with Gasteiger partial charge in [-0.15, -0.1) is 0 Å². The van der Waals surface area contributed by atoms with Crippen LogP contribution in [0.25, 0.3) is 16.5 Å². The Kier molecular flexibility index (Phi) is 17.2. The molecule has 0 unspecified atom stereocenters. The van der Waals surface area contributed by atoms with E-state index in [0.717, 1.165) is 113 Å². The SMILES string of the molecule is Cc1ccc(-n2nc(C(C)(C)C)cc2NC(=O)Nc2ccc(Oc3ccnc(CC(=O)NCCCCN4CCOCC4)c3)c3ccccc23)cc1.NCCCCN1CCOCC1. The minimum atomic E-state index is -0.392. The number of ether oxygens (including phenoxy) is 3. The van der Waals surface area contributed by atoms with Gasteiger partial charge in [0.2, 0.25) is 5.91 Å². The van der Waals surface area contributed by atoms with Crippen molar-refractivity contribution in [2.75, 3.05) is 89.4 Å². The number of carbonyl (C=O) groups is 2. The number of rotatable bonds is 16. The van der Waals surface area contributed by atoms with Gasteiger partial charge >= 0.3 is 6.03 Å². The molecule has 3 aromatic carbocycles. The van der Waals surface area contributed by atoms with E-state index in [1.165, 1.54) is 13.0 Å². The molecule has 0 atom stereocenters. The highest BCUT2D eigenvalue weighted by atomic mass is 16.5. The Morgan fingerprint density at radius 2 is 1.45 bits per heavy atom. The number of urea groups is 1. The van der Waals surface area contributed by atoms with Crippen molar-refractivity contribution >= 4 is 34.2 Å². The second-order valence-electron chi connectivity index (χ2n) is 16.9. The van der Waals surface area contributed by atoms with E-state index in [1.54, 1.807) is 23.0 Å². The van der Waals surface area contributed by atoms with Gasteiger partial charge in [-0.1, -0.05) is 62.7 Å². The van der Waals surface area contributed by atoms with Crippen LogP contribution in [0.5, 0.6) is 11.5 Å². The fraction of sp³-hybridized carbons (Fsp3) is 0.458. The highest BCUT2D eigenvalue weighted by molar-refractivity contribution is 6.07. The maximum atomic E-state index is 13.4. The smallest absolute Gasteiger partial charge is 0.324 e. The normalized spacial score (nSPS) is 14.8. The number of morpholine rings is 2. The van der Waals surface area contributed by atoms with E-state index in [1.807, 2.05) is 73.7 Å². The summed E-state index contributed by atoms with van der Waals surface area (Å²) in [6, 6.07) is 24.5. The van der Waals surface area contributed by atoms with Crippen molar-refractivity contribution in [2.24, 2.45) is 5.73 Å². The highest BCUT2D eigenvalue weighted by Crippen LogP contribution is 2.35. The van der Waals surface area contributed by atoms with Crippen molar-refractivity contribution in [3.8, 4) is 17.2 Å². The van der Waals surface area contributed by atoms with Gasteiger partial charge in [0.05, 0.1) is 55.6 Å². The van der Waals surface area contributed by atoms with E-state index in [2.05, 4.69) is 51.5 Å². The first-order chi connectivity index (χ1) is 30.1. The fourth-order valence-corrected chi connectivity index (χ4v) is 7.25. The second-order valence-corrected chi connectivity index (χ2v) is 16.9. The summed E-state index contributed by atoms with van der Waals surface area (Å²) in [6.45, 7) is 19.6. The molecule has 5 aromatic rings. The summed E-state index contributed by atoms with van der Waals surface area (Å²) in [5, 5.41) is 15.5. The van der Waals surface area contributed by atoms with Crippen molar-refractivity contribution < 1.29 is 23.8 Å². The number of carbonyl (C=O) groups excluding carboxylic acids is 2. The Bertz CT molecular complexity index is 2170. The maximum absolute atomic E-state index is 13.4. The largest absolute Gasteiger partial charge is 0.457 e. The molecule has 3 amide bonds. The first kappa shape index (κ1) is 46.1. The van der Waals surface area contributed by atoms with Gasteiger partial charge in [-0.05, 0) is 82.6 Å². The number of nitrogens with zero attached hydrogens (tertiary/aromatic N) is 5. The molecule has 332 valence electrons. The van der Waals surface area contributed by atoms with Gasteiger partial charge in [0.1, 0.15) is 17.3 Å². The molecule has 2 aliphatic rings. The van der Waals surface area contributed by atoms with E-state index < -0.39 is 6.03 Å². The van der Waals surface area contributed by atoms with Gasteiger partial charge in [0, 0.05) is 67.2 Å². The molecule has 62 heavy (non-hydrogen) atoms. The van der Waals surface area contributed by atoms with Gasteiger partial charge in [-0.3, -0.25) is 24.9 Å². The van der Waals surface area contributed by atoms with Crippen molar-refractivity contribution in [1.29, 1.82) is 0 Å². The van der Waals surface area contributed by atoms with Crippen LogP contribution in [0.4, 0.5) is 16.3 Å². The van der Waals surface area contributed by atoms with Crippen molar-refractivity contribution in [3.63, 3.8) is 0 Å². The standard InChI is InChI=1S/C40H47N7O4.C8H18N2O/c1-28-11-13-30(14-12-28)47-37(27-36(45-47)40(2,3)4)44-39(49)43-34-15-16-35(33-10-6-5-9-32(33)34)51-31-17-19-41-29(25-31)26-38(48)42-18-7-8-20-46-21-23-50-24-22-46;9-3-1-2-4-10-5-7-11-8-6-10/h5-6,9-17,19,25,27H,7-8,18,20-24,26H2,1-4H3,(H,42,48)(H2,43,44,49);1-9H2. The molecule has 0 spiro atoms. The van der Waals surface area contributed by atoms with Crippen molar-refractivity contribution in [2.45, 2.75) is 65.2 Å². The second kappa shape index (κ2) is 23.2. The third kappa shape index (κ3) is 14.1. The number of benzene rings is 3. The Balaban J connectivity index is 0.000000508. The van der Waals surface area contributed by atoms with Crippen LogP contribution in [0.2, 0.25) is 0 Å². The number of nitrogens with two attached hydrogens (primary N) is 1. The van der Waals surface area contributed by atoms with Gasteiger partial charge in [0.15, 0.2) is 0 Å². The minimum Gasteiger partial charge on any atom is -0.457 e. The van der Waals surface area contributed by atoms with E-state index in [9.17, 15) is 9.59 Å². The summed E-state index contributed by atoms with van der Waals surface area (Å²) in [7, 11) is 0. The predicted octanol–water partition coefficient (Wildman–Crippen LogP) is 7.29. The van der Waals surface area contributed by atoms with Gasteiger partial charge < -0.3 is 30.6 Å². The lowest BCUT2D eigenvalue weighted by molar-refractivity contribution is -0.120. The van der Waals surface area contributed by atoms with E-state index in [-0.39, 0.29) is 17.7 Å². The zero-order valence-electron chi connectivity index (χ0n) is 37.0. The lowest BCUT2D eigenvalue weighted by Gasteiger charge is -2.26. The molecular formula is C48H65N9O5. The molecule has 0 saturated carbocycles. The first-order valence-corrected chi connectivity index (χ1v) is 22.0. The molecular weight excluding hydrogens is 783 g/mol. The lowest BCUT2D eigenvalue weighted by Crippen LogP contribution is -2.37. The molecule has 0 aliphatic carbocycles. The predicted molar refractivity (Wildman–Crippen MR) is 247 cm³/mol. The Morgan fingerprint density at radius 3 is 2.11 bits per heavy atom. The number of pyridine rings is 1. The van der Waals surface area contributed by atoms with Crippen molar-refractivity contribution in [1.82, 2.24) is 29.9 Å². The summed E-state index contributed by atoms with van der Waals surface area (Å²) in [6.07, 6.45) is 6.16. The molecule has 14 heteroatoms. The highest BCUT2D eigenvalue weighted by Gasteiger charge is 2.22. The number of amides is 3. The number of fused-ring (bicyclic) bond motifs is 1. The molecule has 0 bridgehead atoms. The zero-order chi connectivity index (χ0) is 43.7. The quantitative estimate of drug-likeness (QED) is 0.0743. The van der Waals surface area contributed by atoms with Crippen LogP contribution in [-0.4, -0.2) is 115 Å². The van der Waals surface area contributed by atoms with Crippen LogP contribution in [0.3, 0.4) is 0 Å². The monoisotopic (exact) mass is 848 g/mol. The Labute approximate surface area is 366 Å². The number of anilines is 2. The molecule has 2 aromatic heterocycles. The van der Waals surface area contributed by atoms with Gasteiger partial charge in [0.25, 0.3) is 0 Å². The summed E-state index contributed by atoms with van der Waals surface area (Å²) >= 11 is 0. The zero-order valence-corrected chi connectivity index (χ0v) is 37.0. The topological polar surface area (TPSA) is 161 Å². The molecule has 2 aliphatic heterocycles. The van der Waals surface area contributed by atoms with Crippen LogP contribution in [0.1, 0.15) is 63.4 Å². The summed E-state index contributed by atoms with van der Waals surface area (Å²) in [5.41, 5.74) is 9.30. The third-order valence-electron chi connectivity index (χ3n) is 10.8. The summed E-state index contributed by atoms with van der Waals surface area (Å²) < 4.78 is 18.7. The maximum Gasteiger partial charge on any atom is 0.324 e. The molecule has 2 saturated heterocycles. The Hall–Kier alpha value is -5.38. The van der Waals surface area contributed by atoms with Crippen LogP contribution < -0.4 is 26.4 Å². The molecule has 0 radical (unpaired) electrons. The van der Waals surface area contributed by atoms with Crippen LogP contribution in [0, 0.1) is 6.92 Å². The molecule has 14 nitrogen and oxygen atoms in total. The average Bonchev–Trinajstić information content (AvgIpc) is 3.70. The van der Waals surface area contributed by atoms with E-state index in [4.69, 9.17) is 25.0 Å². The van der Waals surface area contributed by atoms with Gasteiger partial charge in [-0.25, -0.2) is 9.48 Å². The number of aromatic nitrogens is 3. The number of hydrogen-bond acceptors (Lipinski definition) is 10. The fourth-order valence-electron chi connectivity index (χ4n) is 7.25. The average molecular weight is 848 g/mol. The number of aryl methyl sites for hydroxylation is 1. The molecule has 5 N–H and O–H groups in total. The first-order valence-electron chi connectivity index (χ1n) is 22.0. The summed E-state index contributed by atoms with van der Waals surface area (Å²) in [4.78, 5) is 35.3. The Morgan fingerprint density at radius 1 is 0.790 bits per heavy atom. The number of hydrogen-bond donors (Lipinski definition) is 4. The summed E-state index contributed by atoms with van der Waals surface area (Å²) in [5.74, 6) is 1.69. The molecule has 2 fully saturated rings. The molecule has 4 heterocycles. The minimum absolute atomic E-state index is 0.0678. The third-order valence-corrected chi connectivity index (χ3v) is 10.8. The van der Waals surface area contributed by atoms with E-state index in [0.29, 0.717) is 35.2 Å². The van der Waals surface area contributed by atoms with Gasteiger partial charge in [-0.2, -0.15) is 5.10 Å². The van der Waals surface area contributed by atoms with Crippen molar-refractivity contribution in [3.05, 3.63) is 102 Å². The van der Waals surface area contributed by atoms with Crippen LogP contribution >= 0.6 is 0 Å². The van der Waals surface area contributed by atoms with Crippen LogP contribution in [-0.2, 0) is 26.1 Å². The van der Waals surface area contributed by atoms with Crippen LogP contribution in [0.15, 0.2) is 85.1 Å². The number of nitrogens with one attached hydrogen (secondary N) is 3.